The van der Waals surface area contributed by atoms with Crippen LogP contribution in [0.2, 0.25) is 0 Å². The highest BCUT2D eigenvalue weighted by Gasteiger charge is 2.28. The third-order valence-electron chi connectivity index (χ3n) is 4.32. The fraction of sp³-hybridized carbons (Fsp3) is 0.350. The monoisotopic (exact) mass is 376 g/mol. The van der Waals surface area contributed by atoms with Gasteiger partial charge in [0.05, 0.1) is 6.54 Å². The molecule has 2 atom stereocenters. The van der Waals surface area contributed by atoms with Crippen molar-refractivity contribution in [2.45, 2.75) is 32.1 Å². The van der Waals surface area contributed by atoms with Crippen LogP contribution >= 0.6 is 12.4 Å². The molecule has 0 saturated carbocycles. The van der Waals surface area contributed by atoms with Crippen molar-refractivity contribution in [2.24, 2.45) is 5.73 Å². The first-order valence-corrected chi connectivity index (χ1v) is 8.59. The van der Waals surface area contributed by atoms with Crippen LogP contribution in [-0.2, 0) is 11.3 Å². The van der Waals surface area contributed by atoms with E-state index in [1.807, 2.05) is 61.5 Å². The molecule has 0 unspecified atom stereocenters. The van der Waals surface area contributed by atoms with Crippen LogP contribution in [0.1, 0.15) is 30.5 Å². The van der Waals surface area contributed by atoms with Crippen LogP contribution in [0.3, 0.4) is 0 Å². The number of halogens is 1. The first-order valence-electron chi connectivity index (χ1n) is 8.59. The summed E-state index contributed by atoms with van der Waals surface area (Å²) in [5.74, 6) is 0.800. The van der Waals surface area contributed by atoms with E-state index in [1.165, 1.54) is 0 Å². The van der Waals surface area contributed by atoms with Crippen LogP contribution in [0, 0.1) is 0 Å². The van der Waals surface area contributed by atoms with E-state index < -0.39 is 0 Å². The van der Waals surface area contributed by atoms with Gasteiger partial charge in [-0.15, -0.1) is 12.4 Å². The van der Waals surface area contributed by atoms with E-state index in [0.717, 1.165) is 23.3 Å². The van der Waals surface area contributed by atoms with Crippen LogP contribution in [0.15, 0.2) is 54.6 Å². The third kappa shape index (κ3) is 5.38. The second-order valence-electron chi connectivity index (χ2n) is 6.37. The fourth-order valence-corrected chi connectivity index (χ4v) is 2.84. The maximum Gasteiger partial charge on any atom is 0.410 e. The summed E-state index contributed by atoms with van der Waals surface area (Å²) in [7, 11) is 0. The smallest absolute Gasteiger partial charge is 0.410 e. The highest BCUT2D eigenvalue weighted by molar-refractivity contribution is 5.85. The highest BCUT2D eigenvalue weighted by atomic mass is 35.5. The zero-order valence-electron chi connectivity index (χ0n) is 14.8. The molecule has 5 nitrogen and oxygen atoms in total. The Bertz CT molecular complexity index is 692. The summed E-state index contributed by atoms with van der Waals surface area (Å²) < 4.78 is 11.3. The van der Waals surface area contributed by atoms with Gasteiger partial charge in [-0.3, -0.25) is 0 Å². The molecule has 1 heterocycles. The summed E-state index contributed by atoms with van der Waals surface area (Å²) in [6.07, 6.45) is 0.503. The standard InChI is InChI=1S/C20H24N2O3.ClH/c1-15(21)17-7-9-18(10-8-17)25-19-11-12-22(13-19)20(23)24-14-16-5-3-2-4-6-16;/h2-10,15,19H,11-14,21H2,1H3;1H/t15-,19+;/m0./s1. The van der Waals surface area contributed by atoms with Gasteiger partial charge in [-0.05, 0) is 30.2 Å². The molecule has 1 aliphatic heterocycles. The summed E-state index contributed by atoms with van der Waals surface area (Å²) in [5.41, 5.74) is 7.91. The minimum atomic E-state index is -0.290. The molecule has 1 fully saturated rings. The number of nitrogens with zero attached hydrogens (tertiary/aromatic N) is 1. The molecule has 0 bridgehead atoms. The van der Waals surface area contributed by atoms with Gasteiger partial charge >= 0.3 is 6.09 Å². The van der Waals surface area contributed by atoms with E-state index in [2.05, 4.69) is 0 Å². The molecular weight excluding hydrogens is 352 g/mol. The van der Waals surface area contributed by atoms with Crippen LogP contribution < -0.4 is 10.5 Å². The Balaban J connectivity index is 0.00000243. The van der Waals surface area contributed by atoms with Crippen molar-refractivity contribution in [1.82, 2.24) is 4.90 Å². The van der Waals surface area contributed by atoms with Crippen molar-refractivity contribution in [1.29, 1.82) is 0 Å². The zero-order valence-corrected chi connectivity index (χ0v) is 15.7. The Morgan fingerprint density at radius 1 is 1.19 bits per heavy atom. The third-order valence-corrected chi connectivity index (χ3v) is 4.32. The van der Waals surface area contributed by atoms with Gasteiger partial charge in [-0.1, -0.05) is 42.5 Å². The van der Waals surface area contributed by atoms with Gasteiger partial charge in [0.15, 0.2) is 0 Å². The Morgan fingerprint density at radius 2 is 1.88 bits per heavy atom. The molecular formula is C20H25ClN2O3. The molecule has 2 aromatic rings. The van der Waals surface area contributed by atoms with Gasteiger partial charge in [0, 0.05) is 19.0 Å². The van der Waals surface area contributed by atoms with Crippen LogP contribution in [0.4, 0.5) is 4.79 Å². The average Bonchev–Trinajstić information content (AvgIpc) is 3.09. The van der Waals surface area contributed by atoms with Gasteiger partial charge in [0.1, 0.15) is 18.5 Å². The van der Waals surface area contributed by atoms with Crippen LogP contribution in [0.25, 0.3) is 0 Å². The molecule has 3 rings (SSSR count). The summed E-state index contributed by atoms with van der Waals surface area (Å²) in [6, 6.07) is 17.5. The number of benzene rings is 2. The normalized spacial score (nSPS) is 17.3. The number of nitrogens with two attached hydrogens (primary N) is 1. The molecule has 6 heteroatoms. The molecule has 26 heavy (non-hydrogen) atoms. The Kier molecular flexibility index (Phi) is 7.30. The van der Waals surface area contributed by atoms with Crippen LogP contribution in [0.5, 0.6) is 5.75 Å². The maximum absolute atomic E-state index is 12.2. The minimum absolute atomic E-state index is 0. The average molecular weight is 377 g/mol. The summed E-state index contributed by atoms with van der Waals surface area (Å²) in [6.45, 7) is 3.44. The predicted octanol–water partition coefficient (Wildman–Crippen LogP) is 3.92. The number of hydrogen-bond acceptors (Lipinski definition) is 4. The van der Waals surface area contributed by atoms with Crippen molar-refractivity contribution in [3.05, 3.63) is 65.7 Å². The first kappa shape index (κ1) is 20.1. The van der Waals surface area contributed by atoms with E-state index in [4.69, 9.17) is 15.2 Å². The summed E-state index contributed by atoms with van der Waals surface area (Å²) in [5, 5.41) is 0. The van der Waals surface area contributed by atoms with Gasteiger partial charge in [0.2, 0.25) is 0 Å². The lowest BCUT2D eigenvalue weighted by Gasteiger charge is -2.17. The second kappa shape index (κ2) is 9.46. The number of likely N-dealkylation sites (tertiary alicyclic amines) is 1. The molecule has 140 valence electrons. The molecule has 0 aromatic heterocycles. The fourth-order valence-electron chi connectivity index (χ4n) is 2.84. The van der Waals surface area contributed by atoms with E-state index >= 15 is 0 Å². The van der Waals surface area contributed by atoms with Crippen molar-refractivity contribution < 1.29 is 14.3 Å². The second-order valence-corrected chi connectivity index (χ2v) is 6.37. The molecule has 2 aromatic carbocycles. The molecule has 2 N–H and O–H groups in total. The minimum Gasteiger partial charge on any atom is -0.489 e. The van der Waals surface area contributed by atoms with E-state index in [9.17, 15) is 4.79 Å². The number of hydrogen-bond donors (Lipinski definition) is 1. The molecule has 1 aliphatic rings. The van der Waals surface area contributed by atoms with Crippen molar-refractivity contribution in [3.8, 4) is 5.75 Å². The first-order chi connectivity index (χ1) is 12.1. The Morgan fingerprint density at radius 3 is 2.54 bits per heavy atom. The lowest BCUT2D eigenvalue weighted by Crippen LogP contribution is -2.31. The van der Waals surface area contributed by atoms with Crippen molar-refractivity contribution in [3.63, 3.8) is 0 Å². The molecule has 0 spiro atoms. The topological polar surface area (TPSA) is 64.8 Å². The van der Waals surface area contributed by atoms with Crippen LogP contribution in [-0.4, -0.2) is 30.2 Å². The van der Waals surface area contributed by atoms with Gasteiger partial charge < -0.3 is 20.1 Å². The summed E-state index contributed by atoms with van der Waals surface area (Å²) in [4.78, 5) is 13.9. The van der Waals surface area contributed by atoms with E-state index in [1.54, 1.807) is 4.90 Å². The predicted molar refractivity (Wildman–Crippen MR) is 104 cm³/mol. The molecule has 0 aliphatic carbocycles. The van der Waals surface area contributed by atoms with Crippen molar-refractivity contribution >= 4 is 18.5 Å². The molecule has 1 saturated heterocycles. The van der Waals surface area contributed by atoms with Gasteiger partial charge in [-0.25, -0.2) is 4.79 Å². The summed E-state index contributed by atoms with van der Waals surface area (Å²) >= 11 is 0. The van der Waals surface area contributed by atoms with Crippen molar-refractivity contribution in [2.75, 3.05) is 13.1 Å². The maximum atomic E-state index is 12.2. The molecule has 0 radical (unpaired) electrons. The van der Waals surface area contributed by atoms with E-state index in [0.29, 0.717) is 19.7 Å². The number of ether oxygens (including phenoxy) is 2. The van der Waals surface area contributed by atoms with Gasteiger partial charge in [-0.2, -0.15) is 0 Å². The number of carbonyl (C=O) groups excluding carboxylic acids is 1. The quantitative estimate of drug-likeness (QED) is 0.859. The zero-order chi connectivity index (χ0) is 17.6. The Hall–Kier alpha value is -2.24. The lowest BCUT2D eigenvalue weighted by molar-refractivity contribution is 0.0991. The van der Waals surface area contributed by atoms with E-state index in [-0.39, 0.29) is 30.6 Å². The number of rotatable bonds is 5. The number of amides is 1. The number of carbonyl (C=O) groups is 1. The molecule has 1 amide bonds. The lowest BCUT2D eigenvalue weighted by atomic mass is 10.1. The van der Waals surface area contributed by atoms with Gasteiger partial charge in [0.25, 0.3) is 0 Å². The highest BCUT2D eigenvalue weighted by Crippen LogP contribution is 2.21. The largest absolute Gasteiger partial charge is 0.489 e. The SMILES string of the molecule is C[C@H](N)c1ccc(O[C@@H]2CCN(C(=O)OCc3ccccc3)C2)cc1.Cl. The Labute approximate surface area is 160 Å².